The summed E-state index contributed by atoms with van der Waals surface area (Å²) in [7, 11) is 0. The van der Waals surface area contributed by atoms with Crippen molar-refractivity contribution in [2.24, 2.45) is 5.92 Å². The van der Waals surface area contributed by atoms with Gasteiger partial charge in [-0.3, -0.25) is 9.78 Å². The maximum absolute atomic E-state index is 12.3. The van der Waals surface area contributed by atoms with Crippen LogP contribution in [-0.4, -0.2) is 28.8 Å². The lowest BCUT2D eigenvalue weighted by Crippen LogP contribution is -2.34. The Morgan fingerprint density at radius 2 is 2.00 bits per heavy atom. The Kier molecular flexibility index (Phi) is 5.79. The predicted molar refractivity (Wildman–Crippen MR) is 101 cm³/mol. The molecule has 3 heterocycles. The molecule has 1 saturated heterocycles. The first kappa shape index (κ1) is 17.6. The number of nitrogens with zero attached hydrogens (tertiary/aromatic N) is 3. The number of aromatic nitrogens is 2. The molecule has 0 unspecified atom stereocenters. The van der Waals surface area contributed by atoms with Gasteiger partial charge in [-0.1, -0.05) is 19.1 Å². The van der Waals surface area contributed by atoms with Gasteiger partial charge in [0.2, 0.25) is 0 Å². The van der Waals surface area contributed by atoms with E-state index in [1.165, 1.54) is 18.4 Å². The summed E-state index contributed by atoms with van der Waals surface area (Å²) in [5, 5.41) is 0. The van der Waals surface area contributed by atoms with Crippen molar-refractivity contribution in [3.05, 3.63) is 53.5 Å². The molecule has 2 aromatic heterocycles. The molecular formula is C21H27N3O. The molecule has 1 fully saturated rings. The number of carbonyl (C=O) groups is 1. The van der Waals surface area contributed by atoms with Crippen molar-refractivity contribution >= 4 is 11.6 Å². The monoisotopic (exact) mass is 337 g/mol. The van der Waals surface area contributed by atoms with Crippen LogP contribution >= 0.6 is 0 Å². The minimum atomic E-state index is 0.234. The topological polar surface area (TPSA) is 46.1 Å². The molecule has 0 bridgehead atoms. The fourth-order valence-corrected chi connectivity index (χ4v) is 3.33. The van der Waals surface area contributed by atoms with Crippen molar-refractivity contribution in [3.63, 3.8) is 0 Å². The van der Waals surface area contributed by atoms with Gasteiger partial charge in [0.15, 0.2) is 0 Å². The first-order chi connectivity index (χ1) is 12.1. The summed E-state index contributed by atoms with van der Waals surface area (Å²) < 4.78 is 0. The number of Topliss-reactive ketones (excluding diaryl/α,β-unsaturated/α-hetero) is 1. The van der Waals surface area contributed by atoms with Gasteiger partial charge in [0.1, 0.15) is 11.6 Å². The molecular weight excluding hydrogens is 310 g/mol. The van der Waals surface area contributed by atoms with E-state index in [2.05, 4.69) is 28.9 Å². The van der Waals surface area contributed by atoms with Crippen LogP contribution in [0.1, 0.15) is 43.1 Å². The van der Waals surface area contributed by atoms with Crippen molar-refractivity contribution in [2.75, 3.05) is 18.0 Å². The fraction of sp³-hybridized carbons (Fsp3) is 0.476. The van der Waals surface area contributed by atoms with Crippen LogP contribution in [0, 0.1) is 12.8 Å². The summed E-state index contributed by atoms with van der Waals surface area (Å²) in [6.45, 7) is 6.48. The van der Waals surface area contributed by atoms with Crippen LogP contribution in [0.15, 0.2) is 36.5 Å². The highest BCUT2D eigenvalue weighted by molar-refractivity contribution is 5.80. The van der Waals surface area contributed by atoms with Crippen LogP contribution in [0.4, 0.5) is 5.82 Å². The van der Waals surface area contributed by atoms with E-state index < -0.39 is 0 Å². The molecule has 2 aromatic rings. The van der Waals surface area contributed by atoms with Crippen LogP contribution in [0.2, 0.25) is 0 Å². The average molecular weight is 337 g/mol. The van der Waals surface area contributed by atoms with Gasteiger partial charge >= 0.3 is 0 Å². The van der Waals surface area contributed by atoms with Crippen molar-refractivity contribution in [1.29, 1.82) is 0 Å². The maximum Gasteiger partial charge on any atom is 0.139 e. The van der Waals surface area contributed by atoms with E-state index in [-0.39, 0.29) is 5.78 Å². The van der Waals surface area contributed by atoms with Crippen LogP contribution in [0.5, 0.6) is 0 Å². The lowest BCUT2D eigenvalue weighted by molar-refractivity contribution is -0.118. The quantitative estimate of drug-likeness (QED) is 0.805. The van der Waals surface area contributed by atoms with Gasteiger partial charge in [0.05, 0.1) is 0 Å². The van der Waals surface area contributed by atoms with Gasteiger partial charge in [-0.2, -0.15) is 0 Å². The molecule has 0 atom stereocenters. The van der Waals surface area contributed by atoms with E-state index in [4.69, 9.17) is 4.98 Å². The molecule has 0 N–H and O–H groups in total. The van der Waals surface area contributed by atoms with Crippen molar-refractivity contribution < 1.29 is 4.79 Å². The molecule has 1 aliphatic heterocycles. The lowest BCUT2D eigenvalue weighted by Gasteiger charge is -2.32. The van der Waals surface area contributed by atoms with E-state index in [1.807, 2.05) is 25.1 Å². The average Bonchev–Trinajstić information content (AvgIpc) is 2.62. The minimum Gasteiger partial charge on any atom is -0.356 e. The smallest absolute Gasteiger partial charge is 0.139 e. The van der Waals surface area contributed by atoms with E-state index >= 15 is 0 Å². The number of rotatable bonds is 6. The number of piperidine rings is 1. The number of anilines is 1. The van der Waals surface area contributed by atoms with E-state index in [0.717, 1.165) is 42.6 Å². The van der Waals surface area contributed by atoms with Crippen molar-refractivity contribution in [1.82, 2.24) is 9.97 Å². The van der Waals surface area contributed by atoms with E-state index in [9.17, 15) is 4.79 Å². The number of aryl methyl sites for hydroxylation is 2. The number of hydrogen-bond donors (Lipinski definition) is 0. The molecule has 0 amide bonds. The highest BCUT2D eigenvalue weighted by Crippen LogP contribution is 2.26. The molecule has 0 spiro atoms. The molecule has 4 nitrogen and oxygen atoms in total. The zero-order chi connectivity index (χ0) is 17.6. The third-order valence-electron chi connectivity index (χ3n) is 4.96. The Morgan fingerprint density at radius 1 is 1.20 bits per heavy atom. The van der Waals surface area contributed by atoms with Gasteiger partial charge in [-0.15, -0.1) is 0 Å². The standard InChI is InChI=1S/C21H27N3O/c1-16-10-13-24(14-11-16)21-18(7-6-17(2)23-21)8-9-20(25)15-19-5-3-4-12-22-19/h3-7,12,16H,8-11,13-15H2,1-2H3. The highest BCUT2D eigenvalue weighted by atomic mass is 16.1. The molecule has 4 heteroatoms. The van der Waals surface area contributed by atoms with Crippen LogP contribution in [-0.2, 0) is 17.6 Å². The largest absolute Gasteiger partial charge is 0.356 e. The molecule has 132 valence electrons. The molecule has 0 aromatic carbocycles. The second-order valence-electron chi connectivity index (χ2n) is 7.14. The van der Waals surface area contributed by atoms with Gasteiger partial charge in [0, 0.05) is 43.5 Å². The van der Waals surface area contributed by atoms with Gasteiger partial charge in [-0.05, 0) is 55.9 Å². The molecule has 1 aliphatic rings. The second-order valence-corrected chi connectivity index (χ2v) is 7.14. The Hall–Kier alpha value is -2.23. The molecule has 0 saturated carbocycles. The number of carbonyl (C=O) groups excluding carboxylic acids is 1. The van der Waals surface area contributed by atoms with Gasteiger partial charge in [-0.25, -0.2) is 4.98 Å². The van der Waals surface area contributed by atoms with Gasteiger partial charge < -0.3 is 4.90 Å². The van der Waals surface area contributed by atoms with E-state index in [0.29, 0.717) is 12.8 Å². The van der Waals surface area contributed by atoms with Crippen molar-refractivity contribution in [2.45, 2.75) is 46.0 Å². The third kappa shape index (κ3) is 4.88. The van der Waals surface area contributed by atoms with Crippen LogP contribution in [0.25, 0.3) is 0 Å². The maximum atomic E-state index is 12.3. The summed E-state index contributed by atoms with van der Waals surface area (Å²) in [6.07, 6.45) is 5.87. The molecule has 0 aliphatic carbocycles. The number of ketones is 1. The first-order valence-corrected chi connectivity index (χ1v) is 9.25. The normalized spacial score (nSPS) is 15.4. The zero-order valence-electron chi connectivity index (χ0n) is 15.2. The number of pyridine rings is 2. The lowest BCUT2D eigenvalue weighted by atomic mass is 9.98. The second kappa shape index (κ2) is 8.24. The zero-order valence-corrected chi connectivity index (χ0v) is 15.2. The van der Waals surface area contributed by atoms with Crippen LogP contribution < -0.4 is 4.90 Å². The Labute approximate surface area is 150 Å². The Bertz CT molecular complexity index is 706. The highest BCUT2D eigenvalue weighted by Gasteiger charge is 2.20. The number of hydrogen-bond acceptors (Lipinski definition) is 4. The SMILES string of the molecule is Cc1ccc(CCC(=O)Cc2ccccn2)c(N2CCC(C)CC2)n1. The fourth-order valence-electron chi connectivity index (χ4n) is 3.33. The van der Waals surface area contributed by atoms with Gasteiger partial charge in [0.25, 0.3) is 0 Å². The minimum absolute atomic E-state index is 0.234. The van der Waals surface area contributed by atoms with E-state index in [1.54, 1.807) is 6.20 Å². The summed E-state index contributed by atoms with van der Waals surface area (Å²) >= 11 is 0. The summed E-state index contributed by atoms with van der Waals surface area (Å²) in [6, 6.07) is 9.90. The molecule has 0 radical (unpaired) electrons. The van der Waals surface area contributed by atoms with Crippen LogP contribution in [0.3, 0.4) is 0 Å². The predicted octanol–water partition coefficient (Wildman–Crippen LogP) is 3.77. The molecule has 25 heavy (non-hydrogen) atoms. The summed E-state index contributed by atoms with van der Waals surface area (Å²) in [5.74, 6) is 2.11. The summed E-state index contributed by atoms with van der Waals surface area (Å²) in [5.41, 5.74) is 3.08. The summed E-state index contributed by atoms with van der Waals surface area (Å²) in [4.78, 5) is 23.7. The van der Waals surface area contributed by atoms with Crippen molar-refractivity contribution in [3.8, 4) is 0 Å². The molecule has 3 rings (SSSR count). The Morgan fingerprint density at radius 3 is 2.72 bits per heavy atom. The third-order valence-corrected chi connectivity index (χ3v) is 4.96. The Balaban J connectivity index is 1.64. The first-order valence-electron chi connectivity index (χ1n) is 9.25.